The van der Waals surface area contributed by atoms with E-state index in [1.165, 1.54) is 12.1 Å². The summed E-state index contributed by atoms with van der Waals surface area (Å²) in [4.78, 5) is 32.7. The Morgan fingerprint density at radius 2 is 1.91 bits per heavy atom. The van der Waals surface area contributed by atoms with Crippen LogP contribution in [0.1, 0.15) is 48.9 Å². The van der Waals surface area contributed by atoms with Crippen molar-refractivity contribution in [3.63, 3.8) is 0 Å². The van der Waals surface area contributed by atoms with E-state index in [9.17, 15) is 18.0 Å². The number of halogens is 1. The van der Waals surface area contributed by atoms with Crippen LogP contribution in [0.5, 0.6) is 0 Å². The highest BCUT2D eigenvalue weighted by molar-refractivity contribution is 7.92. The summed E-state index contributed by atoms with van der Waals surface area (Å²) in [5, 5.41) is 7.09. The fraction of sp³-hybridized carbons (Fsp3) is 0.350. The molecule has 1 heterocycles. The summed E-state index contributed by atoms with van der Waals surface area (Å²) < 4.78 is 28.2. The van der Waals surface area contributed by atoms with Crippen molar-refractivity contribution < 1.29 is 18.0 Å². The van der Waals surface area contributed by atoms with Crippen molar-refractivity contribution in [3.05, 3.63) is 57.5 Å². The van der Waals surface area contributed by atoms with Gasteiger partial charge >= 0.3 is 0 Å². The van der Waals surface area contributed by atoms with Crippen molar-refractivity contribution in [1.82, 2.24) is 10.5 Å². The van der Waals surface area contributed by atoms with Gasteiger partial charge in [0.2, 0.25) is 11.9 Å². The third kappa shape index (κ3) is 7.48. The molecule has 0 aliphatic heterocycles. The molecule has 0 aliphatic carbocycles. The number of sulfonamides is 1. The molecule has 182 valence electrons. The molecule has 33 heavy (non-hydrogen) atoms. The van der Waals surface area contributed by atoms with Crippen LogP contribution < -0.4 is 27.2 Å². The van der Waals surface area contributed by atoms with Crippen LogP contribution in [-0.4, -0.2) is 31.9 Å². The van der Waals surface area contributed by atoms with Crippen molar-refractivity contribution in [2.24, 2.45) is 11.5 Å². The van der Waals surface area contributed by atoms with Gasteiger partial charge in [-0.05, 0) is 48.6 Å². The van der Waals surface area contributed by atoms with E-state index in [-0.39, 0.29) is 47.5 Å². The number of hydrogen-bond donors (Lipinski definition) is 6. The maximum Gasteiger partial charge on any atom is 0.272 e. The summed E-state index contributed by atoms with van der Waals surface area (Å²) in [6.45, 7) is 5.34. The van der Waals surface area contributed by atoms with Gasteiger partial charge in [0.25, 0.3) is 15.6 Å². The minimum Gasteiger partial charge on any atom is -0.369 e. The number of nitrogens with one attached hydrogen (secondary N) is 4. The Labute approximate surface area is 198 Å². The quantitative estimate of drug-likeness (QED) is 0.123. The molecule has 1 amide bonds. The number of amides is 1. The predicted octanol–water partition coefficient (Wildman–Crippen LogP) is 1.40. The summed E-state index contributed by atoms with van der Waals surface area (Å²) in [6.07, 6.45) is 0.00970. The number of guanidine groups is 1. The number of H-pyrrole nitrogens is 1. The Balaban J connectivity index is 0.00000544. The number of aromatic nitrogens is 1. The van der Waals surface area contributed by atoms with Crippen LogP contribution in [0.4, 0.5) is 5.69 Å². The molecule has 0 saturated heterocycles. The van der Waals surface area contributed by atoms with Crippen molar-refractivity contribution in [2.45, 2.75) is 43.9 Å². The number of carbonyl (C=O) groups excluding carboxylic acids is 1. The summed E-state index contributed by atoms with van der Waals surface area (Å²) >= 11 is 0. The lowest BCUT2D eigenvalue weighted by molar-refractivity contribution is -0.120. The Kier molecular flexibility index (Phi) is 9.89. The standard InChI is InChI=1S/C20H28N6O5S.ClH/c1-11(2)16-10-15(14(18(21)27)7-8-31-25-20(22)23)17(19(28)24-16)26-32(29,30)13-6-4-5-12(3)9-13;/h4-6,9-11,14,26H,7-8H2,1-3H3,(H2,21,27)(H,24,28)(H4,22,23,25);1H. The average Bonchev–Trinajstić information content (AvgIpc) is 2.69. The third-order valence-electron chi connectivity index (χ3n) is 4.65. The van der Waals surface area contributed by atoms with Gasteiger partial charge in [-0.3, -0.25) is 24.6 Å². The van der Waals surface area contributed by atoms with Crippen molar-refractivity contribution in [1.29, 1.82) is 5.41 Å². The zero-order valence-electron chi connectivity index (χ0n) is 18.5. The molecule has 8 N–H and O–H groups in total. The van der Waals surface area contributed by atoms with E-state index in [0.29, 0.717) is 5.69 Å². The SMILES string of the molecule is Cc1cccc(S(=O)(=O)Nc2c(C(CCONC(=N)N)C(N)=O)cc(C(C)C)[nH]c2=O)c1.Cl. The number of rotatable bonds is 10. The molecule has 1 aromatic carbocycles. The lowest BCUT2D eigenvalue weighted by atomic mass is 9.92. The van der Waals surface area contributed by atoms with Gasteiger partial charge < -0.3 is 16.5 Å². The predicted molar refractivity (Wildman–Crippen MR) is 128 cm³/mol. The number of aromatic amines is 1. The van der Waals surface area contributed by atoms with Crippen LogP contribution in [0.3, 0.4) is 0 Å². The van der Waals surface area contributed by atoms with Crippen LogP contribution in [0.15, 0.2) is 40.0 Å². The first-order chi connectivity index (χ1) is 14.9. The molecule has 1 atom stereocenters. The summed E-state index contributed by atoms with van der Waals surface area (Å²) in [5.74, 6) is -2.34. The number of aryl methyl sites for hydroxylation is 1. The maximum atomic E-state index is 13.0. The average molecular weight is 501 g/mol. The number of hydrogen-bond acceptors (Lipinski definition) is 6. The number of pyridine rings is 1. The third-order valence-corrected chi connectivity index (χ3v) is 6.00. The molecule has 0 bridgehead atoms. The second-order valence-corrected chi connectivity index (χ2v) is 9.25. The van der Waals surface area contributed by atoms with Gasteiger partial charge in [-0.1, -0.05) is 26.0 Å². The summed E-state index contributed by atoms with van der Waals surface area (Å²) in [7, 11) is -4.12. The van der Waals surface area contributed by atoms with Crippen molar-refractivity contribution in [3.8, 4) is 0 Å². The van der Waals surface area contributed by atoms with E-state index in [1.54, 1.807) is 25.1 Å². The second kappa shape index (κ2) is 11.7. The number of nitrogens with two attached hydrogens (primary N) is 2. The van der Waals surface area contributed by atoms with E-state index in [1.807, 2.05) is 13.8 Å². The van der Waals surface area contributed by atoms with Gasteiger partial charge in [0.15, 0.2) is 0 Å². The largest absolute Gasteiger partial charge is 0.369 e. The Hall–Kier alpha value is -3.09. The molecule has 0 spiro atoms. The van der Waals surface area contributed by atoms with E-state index in [4.69, 9.17) is 21.7 Å². The topological polar surface area (TPSA) is 193 Å². The molecule has 0 aliphatic rings. The smallest absolute Gasteiger partial charge is 0.272 e. The molecule has 0 fully saturated rings. The van der Waals surface area contributed by atoms with E-state index < -0.39 is 33.4 Å². The molecular formula is C20H29ClN6O5S. The van der Waals surface area contributed by atoms with Crippen LogP contribution in [0.25, 0.3) is 0 Å². The fourth-order valence-corrected chi connectivity index (χ4v) is 4.22. The zero-order valence-corrected chi connectivity index (χ0v) is 20.1. The Morgan fingerprint density at radius 3 is 2.45 bits per heavy atom. The number of anilines is 1. The first-order valence-electron chi connectivity index (χ1n) is 9.80. The highest BCUT2D eigenvalue weighted by Crippen LogP contribution is 2.29. The van der Waals surface area contributed by atoms with Crippen LogP contribution in [-0.2, 0) is 19.7 Å². The van der Waals surface area contributed by atoms with Crippen molar-refractivity contribution in [2.75, 3.05) is 11.3 Å². The molecule has 0 saturated carbocycles. The molecule has 0 radical (unpaired) electrons. The fourth-order valence-electron chi connectivity index (χ4n) is 3.02. The zero-order chi connectivity index (χ0) is 24.1. The minimum absolute atomic E-state index is 0. The molecule has 2 aromatic rings. The lowest BCUT2D eigenvalue weighted by Crippen LogP contribution is -2.32. The highest BCUT2D eigenvalue weighted by Gasteiger charge is 2.27. The molecular weight excluding hydrogens is 472 g/mol. The monoisotopic (exact) mass is 500 g/mol. The number of benzene rings is 1. The van der Waals surface area contributed by atoms with Gasteiger partial charge in [0, 0.05) is 5.69 Å². The molecule has 13 heteroatoms. The van der Waals surface area contributed by atoms with Gasteiger partial charge in [0.1, 0.15) is 5.69 Å². The number of carbonyl (C=O) groups is 1. The minimum atomic E-state index is -4.12. The Morgan fingerprint density at radius 1 is 1.24 bits per heavy atom. The maximum absolute atomic E-state index is 13.0. The molecule has 1 aromatic heterocycles. The number of primary amides is 1. The molecule has 1 unspecified atom stereocenters. The van der Waals surface area contributed by atoms with E-state index in [2.05, 4.69) is 15.2 Å². The number of hydroxylamine groups is 1. The van der Waals surface area contributed by atoms with Gasteiger partial charge in [-0.25, -0.2) is 13.9 Å². The highest BCUT2D eigenvalue weighted by atomic mass is 35.5. The van der Waals surface area contributed by atoms with E-state index >= 15 is 0 Å². The lowest BCUT2D eigenvalue weighted by Gasteiger charge is -2.20. The Bertz CT molecular complexity index is 1170. The van der Waals surface area contributed by atoms with Gasteiger partial charge in [0.05, 0.1) is 17.4 Å². The normalized spacial score (nSPS) is 12.0. The first-order valence-corrected chi connectivity index (χ1v) is 11.3. The summed E-state index contributed by atoms with van der Waals surface area (Å²) in [5.41, 5.74) is 13.2. The first kappa shape index (κ1) is 27.9. The van der Waals surface area contributed by atoms with Gasteiger partial charge in [-0.15, -0.1) is 12.4 Å². The van der Waals surface area contributed by atoms with Crippen molar-refractivity contribution >= 4 is 40.0 Å². The van der Waals surface area contributed by atoms with Crippen LogP contribution in [0.2, 0.25) is 0 Å². The van der Waals surface area contributed by atoms with Crippen LogP contribution in [0, 0.1) is 12.3 Å². The molecule has 11 nitrogen and oxygen atoms in total. The van der Waals surface area contributed by atoms with Crippen LogP contribution >= 0.6 is 12.4 Å². The molecule has 2 rings (SSSR count). The summed E-state index contributed by atoms with van der Waals surface area (Å²) in [6, 6.07) is 7.74. The second-order valence-electron chi connectivity index (χ2n) is 7.57. The van der Waals surface area contributed by atoms with Gasteiger partial charge in [-0.2, -0.15) is 0 Å². The van der Waals surface area contributed by atoms with E-state index in [0.717, 1.165) is 5.56 Å².